The standard InChI is InChI=1S/C8H11ClN4O5S/c1-13-8(5(9)2-11-13)19(17,18)12-3-6(14)10-4-7(15)16/h2,12H,3-4H2,1H3,(H,10,14)(H,15,16). The Bertz CT molecular complexity index is 577. The molecule has 0 atom stereocenters. The van der Waals surface area contributed by atoms with Crippen LogP contribution in [0.1, 0.15) is 0 Å². The van der Waals surface area contributed by atoms with E-state index >= 15 is 0 Å². The molecule has 0 spiro atoms. The minimum Gasteiger partial charge on any atom is -0.480 e. The van der Waals surface area contributed by atoms with Crippen molar-refractivity contribution in [3.05, 3.63) is 11.2 Å². The lowest BCUT2D eigenvalue weighted by molar-refractivity contribution is -0.137. The molecule has 1 amide bonds. The van der Waals surface area contributed by atoms with Gasteiger partial charge in [-0.1, -0.05) is 11.6 Å². The van der Waals surface area contributed by atoms with Crippen LogP contribution in [0.5, 0.6) is 0 Å². The predicted octanol–water partition coefficient (Wildman–Crippen LogP) is -1.45. The van der Waals surface area contributed by atoms with Crippen molar-refractivity contribution in [2.75, 3.05) is 13.1 Å². The van der Waals surface area contributed by atoms with Crippen molar-refractivity contribution in [1.82, 2.24) is 19.8 Å². The largest absolute Gasteiger partial charge is 0.480 e. The number of nitrogens with one attached hydrogen (secondary N) is 2. The van der Waals surface area contributed by atoms with Gasteiger partial charge in [-0.25, -0.2) is 13.1 Å². The Morgan fingerprint density at radius 1 is 1.47 bits per heavy atom. The van der Waals surface area contributed by atoms with E-state index in [0.717, 1.165) is 10.9 Å². The molecule has 0 unspecified atom stereocenters. The van der Waals surface area contributed by atoms with Crippen LogP contribution in [0.15, 0.2) is 11.2 Å². The molecule has 1 aromatic rings. The summed E-state index contributed by atoms with van der Waals surface area (Å²) in [6, 6.07) is 0. The molecule has 106 valence electrons. The second kappa shape index (κ2) is 5.99. The second-order valence-corrected chi connectivity index (χ2v) is 5.51. The number of aliphatic carboxylic acids is 1. The van der Waals surface area contributed by atoms with Gasteiger partial charge in [-0.05, 0) is 0 Å². The van der Waals surface area contributed by atoms with Crippen molar-refractivity contribution in [2.45, 2.75) is 5.03 Å². The highest BCUT2D eigenvalue weighted by atomic mass is 35.5. The van der Waals surface area contributed by atoms with E-state index in [9.17, 15) is 18.0 Å². The van der Waals surface area contributed by atoms with E-state index in [1.54, 1.807) is 0 Å². The van der Waals surface area contributed by atoms with Gasteiger partial charge in [-0.15, -0.1) is 0 Å². The van der Waals surface area contributed by atoms with E-state index in [4.69, 9.17) is 16.7 Å². The van der Waals surface area contributed by atoms with Crippen molar-refractivity contribution in [3.63, 3.8) is 0 Å². The van der Waals surface area contributed by atoms with Gasteiger partial charge in [0.15, 0.2) is 5.03 Å². The smallest absolute Gasteiger partial charge is 0.322 e. The van der Waals surface area contributed by atoms with Crippen molar-refractivity contribution in [1.29, 1.82) is 0 Å². The maximum absolute atomic E-state index is 11.8. The minimum absolute atomic E-state index is 0.0825. The zero-order valence-corrected chi connectivity index (χ0v) is 11.3. The monoisotopic (exact) mass is 310 g/mol. The molecule has 0 bridgehead atoms. The van der Waals surface area contributed by atoms with Crippen LogP contribution < -0.4 is 10.0 Å². The molecule has 11 heteroatoms. The van der Waals surface area contributed by atoms with E-state index in [1.165, 1.54) is 7.05 Å². The maximum Gasteiger partial charge on any atom is 0.322 e. The lowest BCUT2D eigenvalue weighted by Gasteiger charge is -2.07. The average molecular weight is 311 g/mol. The van der Waals surface area contributed by atoms with E-state index < -0.39 is 35.0 Å². The summed E-state index contributed by atoms with van der Waals surface area (Å²) in [5.74, 6) is -2.00. The first-order valence-electron chi connectivity index (χ1n) is 4.89. The topological polar surface area (TPSA) is 130 Å². The quantitative estimate of drug-likeness (QED) is 0.589. The summed E-state index contributed by atoms with van der Waals surface area (Å²) in [5, 5.41) is 13.6. The lowest BCUT2D eigenvalue weighted by Crippen LogP contribution is -2.39. The van der Waals surface area contributed by atoms with Gasteiger partial charge in [0.25, 0.3) is 10.0 Å². The van der Waals surface area contributed by atoms with Crippen LogP contribution >= 0.6 is 11.6 Å². The van der Waals surface area contributed by atoms with Crippen molar-refractivity contribution < 1.29 is 23.1 Å². The van der Waals surface area contributed by atoms with Crippen LogP contribution in [-0.4, -0.2) is 48.3 Å². The molecule has 9 nitrogen and oxygen atoms in total. The molecule has 19 heavy (non-hydrogen) atoms. The molecule has 1 heterocycles. The van der Waals surface area contributed by atoms with Gasteiger partial charge in [0, 0.05) is 7.05 Å². The zero-order valence-electron chi connectivity index (χ0n) is 9.75. The second-order valence-electron chi connectivity index (χ2n) is 3.42. The highest BCUT2D eigenvalue weighted by Crippen LogP contribution is 2.19. The third-order valence-electron chi connectivity index (χ3n) is 1.96. The number of aryl methyl sites for hydroxylation is 1. The van der Waals surface area contributed by atoms with Crippen LogP contribution in [0.3, 0.4) is 0 Å². The van der Waals surface area contributed by atoms with Gasteiger partial charge in [0.05, 0.1) is 17.8 Å². The summed E-state index contributed by atoms with van der Waals surface area (Å²) in [5.41, 5.74) is 0. The van der Waals surface area contributed by atoms with Gasteiger partial charge < -0.3 is 10.4 Å². The van der Waals surface area contributed by atoms with Crippen molar-refractivity contribution in [2.24, 2.45) is 7.05 Å². The molecular formula is C8H11ClN4O5S. The number of amides is 1. The Morgan fingerprint density at radius 2 is 2.11 bits per heavy atom. The summed E-state index contributed by atoms with van der Waals surface area (Å²) in [6.45, 7) is -1.19. The van der Waals surface area contributed by atoms with Gasteiger partial charge in [0.2, 0.25) is 5.91 Å². The van der Waals surface area contributed by atoms with Crippen LogP contribution in [0.2, 0.25) is 5.02 Å². The Labute approximate surface area is 113 Å². The molecule has 0 radical (unpaired) electrons. The summed E-state index contributed by atoms with van der Waals surface area (Å²) in [7, 11) is -2.62. The fourth-order valence-electron chi connectivity index (χ4n) is 1.17. The first kappa shape index (κ1) is 15.4. The number of nitrogens with zero attached hydrogens (tertiary/aromatic N) is 2. The number of hydrogen-bond donors (Lipinski definition) is 3. The molecule has 0 saturated carbocycles. The Hall–Kier alpha value is -1.65. The lowest BCUT2D eigenvalue weighted by atomic mass is 10.5. The maximum atomic E-state index is 11.8. The van der Waals surface area contributed by atoms with Crippen LogP contribution in [0, 0.1) is 0 Å². The van der Waals surface area contributed by atoms with Gasteiger partial charge in [0.1, 0.15) is 6.54 Å². The van der Waals surface area contributed by atoms with Gasteiger partial charge in [-0.3, -0.25) is 14.3 Å². The average Bonchev–Trinajstić information content (AvgIpc) is 2.64. The number of carbonyl (C=O) groups excluding carboxylic acids is 1. The van der Waals surface area contributed by atoms with E-state index in [0.29, 0.717) is 0 Å². The summed E-state index contributed by atoms with van der Waals surface area (Å²) in [4.78, 5) is 21.4. The van der Waals surface area contributed by atoms with Crippen molar-refractivity contribution in [3.8, 4) is 0 Å². The Balaban J connectivity index is 2.67. The fraction of sp³-hybridized carbons (Fsp3) is 0.375. The normalized spacial score (nSPS) is 11.3. The van der Waals surface area contributed by atoms with Gasteiger partial charge >= 0.3 is 5.97 Å². The first-order chi connectivity index (χ1) is 8.74. The Morgan fingerprint density at radius 3 is 2.58 bits per heavy atom. The summed E-state index contributed by atoms with van der Waals surface area (Å²) < 4.78 is 26.7. The molecule has 0 aliphatic heterocycles. The van der Waals surface area contributed by atoms with Crippen molar-refractivity contribution >= 4 is 33.5 Å². The van der Waals surface area contributed by atoms with Crippen LogP contribution in [0.25, 0.3) is 0 Å². The van der Waals surface area contributed by atoms with E-state index in [-0.39, 0.29) is 10.0 Å². The number of hydrogen-bond acceptors (Lipinski definition) is 5. The van der Waals surface area contributed by atoms with Crippen LogP contribution in [-0.2, 0) is 26.7 Å². The predicted molar refractivity (Wildman–Crippen MR) is 64.1 cm³/mol. The summed E-state index contributed by atoms with van der Waals surface area (Å²) >= 11 is 5.67. The molecular weight excluding hydrogens is 300 g/mol. The molecule has 0 fully saturated rings. The molecule has 3 N–H and O–H groups in total. The Kier molecular flexibility index (Phi) is 4.86. The van der Waals surface area contributed by atoms with E-state index in [2.05, 4.69) is 5.10 Å². The number of aromatic nitrogens is 2. The molecule has 0 aromatic carbocycles. The third kappa shape index (κ3) is 4.19. The molecule has 0 aliphatic carbocycles. The number of carboxylic acid groups (broad SMARTS) is 1. The summed E-state index contributed by atoms with van der Waals surface area (Å²) in [6.07, 6.45) is 1.15. The molecule has 0 saturated heterocycles. The number of sulfonamides is 1. The first-order valence-corrected chi connectivity index (χ1v) is 6.76. The number of halogens is 1. The number of carboxylic acids is 1. The number of rotatable bonds is 6. The van der Waals surface area contributed by atoms with E-state index in [1.807, 2.05) is 10.0 Å². The molecule has 1 rings (SSSR count). The highest BCUT2D eigenvalue weighted by Gasteiger charge is 2.23. The van der Waals surface area contributed by atoms with Gasteiger partial charge in [-0.2, -0.15) is 5.10 Å². The number of carbonyl (C=O) groups is 2. The molecule has 1 aromatic heterocycles. The SMILES string of the molecule is Cn1ncc(Cl)c1S(=O)(=O)NCC(=O)NCC(=O)O. The third-order valence-corrected chi connectivity index (χ3v) is 3.86. The molecule has 0 aliphatic rings. The fourth-order valence-corrected chi connectivity index (χ4v) is 2.80. The van der Waals surface area contributed by atoms with Crippen LogP contribution in [0.4, 0.5) is 0 Å². The highest BCUT2D eigenvalue weighted by molar-refractivity contribution is 7.89. The minimum atomic E-state index is -4.00. The zero-order chi connectivity index (χ0) is 14.6.